The average molecular weight is 325 g/mol. The van der Waals surface area contributed by atoms with Gasteiger partial charge >= 0.3 is 0 Å². The fourth-order valence-electron chi connectivity index (χ4n) is 2.13. The minimum atomic E-state index is -0.600. The Balaban J connectivity index is 2.47. The molecule has 0 spiro atoms. The molecule has 2 N–H and O–H groups in total. The van der Waals surface area contributed by atoms with Gasteiger partial charge in [0.05, 0.1) is 10.6 Å². The summed E-state index contributed by atoms with van der Waals surface area (Å²) in [7, 11) is 0. The van der Waals surface area contributed by atoms with Crippen LogP contribution in [0.4, 0.5) is 0 Å². The quantitative estimate of drug-likeness (QED) is 0.718. The third-order valence-corrected chi connectivity index (χ3v) is 3.82. The van der Waals surface area contributed by atoms with Crippen LogP contribution in [0, 0.1) is 0 Å². The van der Waals surface area contributed by atoms with Crippen LogP contribution in [0.15, 0.2) is 24.3 Å². The SMILES string of the molecule is CCCCCC(C)NC(=O)C(C)NC(=O)c1ccccc1Cl. The number of amides is 2. The monoisotopic (exact) mass is 324 g/mol. The fraction of sp³-hybridized carbons (Fsp3) is 0.529. The van der Waals surface area contributed by atoms with Crippen molar-refractivity contribution in [2.24, 2.45) is 0 Å². The lowest BCUT2D eigenvalue weighted by atomic mass is 10.1. The highest BCUT2D eigenvalue weighted by atomic mass is 35.5. The fourth-order valence-corrected chi connectivity index (χ4v) is 2.35. The largest absolute Gasteiger partial charge is 0.352 e. The van der Waals surface area contributed by atoms with E-state index in [1.165, 1.54) is 6.42 Å². The molecule has 0 aliphatic rings. The Morgan fingerprint density at radius 3 is 2.45 bits per heavy atom. The van der Waals surface area contributed by atoms with E-state index in [1.807, 2.05) is 6.92 Å². The molecular formula is C17H25ClN2O2. The first kappa shape index (κ1) is 18.5. The van der Waals surface area contributed by atoms with Crippen molar-refractivity contribution in [2.45, 2.75) is 58.5 Å². The van der Waals surface area contributed by atoms with Gasteiger partial charge in [0.25, 0.3) is 5.91 Å². The van der Waals surface area contributed by atoms with Crippen LogP contribution in [0.1, 0.15) is 56.8 Å². The Labute approximate surface area is 137 Å². The molecule has 0 fully saturated rings. The lowest BCUT2D eigenvalue weighted by molar-refractivity contribution is -0.123. The second-order valence-corrected chi connectivity index (χ2v) is 5.99. The third-order valence-electron chi connectivity index (χ3n) is 3.49. The highest BCUT2D eigenvalue weighted by Crippen LogP contribution is 2.14. The number of nitrogens with one attached hydrogen (secondary N) is 2. The van der Waals surface area contributed by atoms with Gasteiger partial charge in [0.2, 0.25) is 5.91 Å². The molecule has 2 atom stereocenters. The molecule has 0 aliphatic carbocycles. The molecule has 0 saturated carbocycles. The van der Waals surface area contributed by atoms with Crippen molar-refractivity contribution in [3.8, 4) is 0 Å². The van der Waals surface area contributed by atoms with Crippen molar-refractivity contribution in [3.63, 3.8) is 0 Å². The first-order valence-corrected chi connectivity index (χ1v) is 8.19. The van der Waals surface area contributed by atoms with Gasteiger partial charge in [-0.15, -0.1) is 0 Å². The van der Waals surface area contributed by atoms with Gasteiger partial charge in [0.1, 0.15) is 6.04 Å². The molecular weight excluding hydrogens is 300 g/mol. The molecule has 1 aromatic carbocycles. The number of hydrogen-bond donors (Lipinski definition) is 2. The first-order chi connectivity index (χ1) is 10.5. The molecule has 0 aromatic heterocycles. The summed E-state index contributed by atoms with van der Waals surface area (Å²) >= 11 is 5.98. The van der Waals surface area contributed by atoms with E-state index in [0.717, 1.165) is 19.3 Å². The topological polar surface area (TPSA) is 58.2 Å². The van der Waals surface area contributed by atoms with Crippen LogP contribution in [0.25, 0.3) is 0 Å². The van der Waals surface area contributed by atoms with Crippen LogP contribution in [-0.4, -0.2) is 23.9 Å². The van der Waals surface area contributed by atoms with Gasteiger partial charge in [-0.1, -0.05) is 49.9 Å². The van der Waals surface area contributed by atoms with Gasteiger partial charge < -0.3 is 10.6 Å². The Hall–Kier alpha value is -1.55. The number of hydrogen-bond acceptors (Lipinski definition) is 2. The molecule has 0 saturated heterocycles. The van der Waals surface area contributed by atoms with E-state index in [2.05, 4.69) is 17.6 Å². The summed E-state index contributed by atoms with van der Waals surface area (Å²) in [6, 6.07) is 6.29. The van der Waals surface area contributed by atoms with Crippen molar-refractivity contribution in [1.29, 1.82) is 0 Å². The molecule has 22 heavy (non-hydrogen) atoms. The van der Waals surface area contributed by atoms with Crippen LogP contribution in [0.2, 0.25) is 5.02 Å². The Bertz CT molecular complexity index is 505. The van der Waals surface area contributed by atoms with Gasteiger partial charge in [-0.3, -0.25) is 9.59 Å². The molecule has 2 unspecified atom stereocenters. The Kier molecular flexibility index (Phi) is 7.96. The van der Waals surface area contributed by atoms with Gasteiger partial charge in [-0.2, -0.15) is 0 Å². The van der Waals surface area contributed by atoms with E-state index in [4.69, 9.17) is 11.6 Å². The number of carbonyl (C=O) groups is 2. The van der Waals surface area contributed by atoms with Crippen LogP contribution in [0.5, 0.6) is 0 Å². The normalized spacial score (nSPS) is 13.3. The van der Waals surface area contributed by atoms with Crippen LogP contribution in [-0.2, 0) is 4.79 Å². The molecule has 0 heterocycles. The minimum Gasteiger partial charge on any atom is -0.352 e. The maximum Gasteiger partial charge on any atom is 0.253 e. The number of unbranched alkanes of at least 4 members (excludes halogenated alkanes) is 2. The summed E-state index contributed by atoms with van der Waals surface area (Å²) < 4.78 is 0. The number of rotatable bonds is 8. The standard InChI is InChI=1S/C17H25ClN2O2/c1-4-5-6-9-12(2)19-16(21)13(3)20-17(22)14-10-7-8-11-15(14)18/h7-8,10-13H,4-6,9H2,1-3H3,(H,19,21)(H,20,22). The third kappa shape index (κ3) is 6.06. The smallest absolute Gasteiger partial charge is 0.253 e. The van der Waals surface area contributed by atoms with E-state index in [0.29, 0.717) is 10.6 Å². The summed E-state index contributed by atoms with van der Waals surface area (Å²) in [6.07, 6.45) is 4.37. The Morgan fingerprint density at radius 2 is 1.82 bits per heavy atom. The van der Waals surface area contributed by atoms with Crippen molar-refractivity contribution in [3.05, 3.63) is 34.9 Å². The van der Waals surface area contributed by atoms with Crippen molar-refractivity contribution < 1.29 is 9.59 Å². The summed E-state index contributed by atoms with van der Waals surface area (Å²) in [5, 5.41) is 5.97. The van der Waals surface area contributed by atoms with Gasteiger partial charge in [-0.25, -0.2) is 0 Å². The molecule has 5 heteroatoms. The Morgan fingerprint density at radius 1 is 1.14 bits per heavy atom. The van der Waals surface area contributed by atoms with E-state index >= 15 is 0 Å². The number of benzene rings is 1. The van der Waals surface area contributed by atoms with Crippen LogP contribution in [0.3, 0.4) is 0 Å². The molecule has 122 valence electrons. The van der Waals surface area contributed by atoms with Crippen LogP contribution < -0.4 is 10.6 Å². The van der Waals surface area contributed by atoms with Crippen LogP contribution >= 0.6 is 11.6 Å². The zero-order valence-electron chi connectivity index (χ0n) is 13.5. The molecule has 4 nitrogen and oxygen atoms in total. The van der Waals surface area contributed by atoms with Crippen molar-refractivity contribution in [2.75, 3.05) is 0 Å². The summed E-state index contributed by atoms with van der Waals surface area (Å²) in [6.45, 7) is 5.80. The predicted molar refractivity (Wildman–Crippen MR) is 90.1 cm³/mol. The molecule has 0 bridgehead atoms. The van der Waals surface area contributed by atoms with Gasteiger partial charge in [0.15, 0.2) is 0 Å². The summed E-state index contributed by atoms with van der Waals surface area (Å²) in [5.41, 5.74) is 0.375. The molecule has 0 aliphatic heterocycles. The zero-order chi connectivity index (χ0) is 16.5. The number of halogens is 1. The second-order valence-electron chi connectivity index (χ2n) is 5.58. The highest BCUT2D eigenvalue weighted by molar-refractivity contribution is 6.33. The lowest BCUT2D eigenvalue weighted by Crippen LogP contribution is -2.47. The highest BCUT2D eigenvalue weighted by Gasteiger charge is 2.19. The maximum absolute atomic E-state index is 12.1. The average Bonchev–Trinajstić information content (AvgIpc) is 2.47. The molecule has 0 radical (unpaired) electrons. The molecule has 1 aromatic rings. The summed E-state index contributed by atoms with van der Waals surface area (Å²) in [5.74, 6) is -0.517. The van der Waals surface area contributed by atoms with Gasteiger partial charge in [0, 0.05) is 6.04 Å². The molecule has 1 rings (SSSR count). The lowest BCUT2D eigenvalue weighted by Gasteiger charge is -2.18. The number of carbonyl (C=O) groups excluding carboxylic acids is 2. The van der Waals surface area contributed by atoms with Gasteiger partial charge in [-0.05, 0) is 32.4 Å². The van der Waals surface area contributed by atoms with E-state index in [9.17, 15) is 9.59 Å². The maximum atomic E-state index is 12.1. The predicted octanol–water partition coefficient (Wildman–Crippen LogP) is 3.54. The minimum absolute atomic E-state index is 0.110. The van der Waals surface area contributed by atoms with E-state index in [-0.39, 0.29) is 17.9 Å². The van der Waals surface area contributed by atoms with Crippen molar-refractivity contribution >= 4 is 23.4 Å². The van der Waals surface area contributed by atoms with E-state index in [1.54, 1.807) is 31.2 Å². The van der Waals surface area contributed by atoms with E-state index < -0.39 is 6.04 Å². The zero-order valence-corrected chi connectivity index (χ0v) is 14.2. The summed E-state index contributed by atoms with van der Waals surface area (Å²) in [4.78, 5) is 24.2. The van der Waals surface area contributed by atoms with Crippen molar-refractivity contribution in [1.82, 2.24) is 10.6 Å². The molecule has 2 amide bonds. The second kappa shape index (κ2) is 9.46. The first-order valence-electron chi connectivity index (χ1n) is 7.81.